The summed E-state index contributed by atoms with van der Waals surface area (Å²) in [5.41, 5.74) is 0.756. The van der Waals surface area contributed by atoms with Gasteiger partial charge in [0.15, 0.2) is 0 Å². The fourth-order valence-corrected chi connectivity index (χ4v) is 1.99. The fraction of sp³-hybridized carbons (Fsp3) is 0.333. The van der Waals surface area contributed by atoms with E-state index in [1.807, 2.05) is 18.2 Å². The fourth-order valence-electron chi connectivity index (χ4n) is 1.99. The second kappa shape index (κ2) is 4.97. The Morgan fingerprint density at radius 1 is 1.41 bits per heavy atom. The summed E-state index contributed by atoms with van der Waals surface area (Å²) in [7, 11) is 0. The maximum absolute atomic E-state index is 11.8. The number of aliphatic hydroxyl groups is 1. The molecule has 17 heavy (non-hydrogen) atoms. The van der Waals surface area contributed by atoms with Crippen LogP contribution in [-0.2, 0) is 9.59 Å². The van der Waals surface area contributed by atoms with Crippen molar-refractivity contribution in [2.75, 3.05) is 19.7 Å². The minimum Gasteiger partial charge on any atom is -0.387 e. The molecule has 90 valence electrons. The second-order valence-corrected chi connectivity index (χ2v) is 3.85. The highest BCUT2D eigenvalue weighted by atomic mass is 16.3. The molecule has 1 aromatic rings. The van der Waals surface area contributed by atoms with Crippen molar-refractivity contribution in [3.8, 4) is 0 Å². The maximum Gasteiger partial charge on any atom is 0.249 e. The van der Waals surface area contributed by atoms with Crippen molar-refractivity contribution in [3.63, 3.8) is 0 Å². The molecule has 0 aromatic heterocycles. The van der Waals surface area contributed by atoms with E-state index in [1.54, 1.807) is 12.1 Å². The van der Waals surface area contributed by atoms with Crippen LogP contribution in [0.25, 0.3) is 0 Å². The summed E-state index contributed by atoms with van der Waals surface area (Å²) in [5, 5.41) is 11.6. The lowest BCUT2D eigenvalue weighted by Crippen LogP contribution is -2.52. The van der Waals surface area contributed by atoms with Crippen molar-refractivity contribution in [1.82, 2.24) is 10.2 Å². The van der Waals surface area contributed by atoms with Crippen LogP contribution in [0.15, 0.2) is 30.3 Å². The third-order valence-electron chi connectivity index (χ3n) is 2.78. The molecule has 1 aromatic carbocycles. The standard InChI is InChI=1S/C12H14N2O3/c15-8-10(16)14-7-6-13-12(17)11(14)9-4-2-1-3-5-9/h1-5,11,15H,6-8H2,(H,13,17). The number of piperazine rings is 1. The van der Waals surface area contributed by atoms with Gasteiger partial charge in [-0.2, -0.15) is 0 Å². The maximum atomic E-state index is 11.8. The zero-order valence-electron chi connectivity index (χ0n) is 9.30. The molecule has 1 heterocycles. The Morgan fingerprint density at radius 2 is 2.12 bits per heavy atom. The molecule has 0 bridgehead atoms. The van der Waals surface area contributed by atoms with Gasteiger partial charge < -0.3 is 15.3 Å². The third kappa shape index (κ3) is 2.29. The predicted molar refractivity (Wildman–Crippen MR) is 61.0 cm³/mol. The Balaban J connectivity index is 2.31. The first-order valence-electron chi connectivity index (χ1n) is 5.47. The Kier molecular flexibility index (Phi) is 3.39. The van der Waals surface area contributed by atoms with Crippen molar-refractivity contribution in [2.45, 2.75) is 6.04 Å². The van der Waals surface area contributed by atoms with E-state index >= 15 is 0 Å². The molecule has 0 aliphatic carbocycles. The average molecular weight is 234 g/mol. The van der Waals surface area contributed by atoms with Crippen LogP contribution in [0.5, 0.6) is 0 Å². The lowest BCUT2D eigenvalue weighted by molar-refractivity contribution is -0.145. The Morgan fingerprint density at radius 3 is 2.76 bits per heavy atom. The molecule has 1 saturated heterocycles. The van der Waals surface area contributed by atoms with Crippen molar-refractivity contribution in [1.29, 1.82) is 0 Å². The van der Waals surface area contributed by atoms with Gasteiger partial charge in [-0.25, -0.2) is 0 Å². The molecule has 0 radical (unpaired) electrons. The Labute approximate surface area is 99.0 Å². The largest absolute Gasteiger partial charge is 0.387 e. The van der Waals surface area contributed by atoms with Crippen LogP contribution in [0, 0.1) is 0 Å². The van der Waals surface area contributed by atoms with Crippen molar-refractivity contribution >= 4 is 11.8 Å². The Bertz CT molecular complexity index is 419. The molecule has 1 atom stereocenters. The molecule has 2 amide bonds. The highest BCUT2D eigenvalue weighted by Gasteiger charge is 2.33. The van der Waals surface area contributed by atoms with E-state index in [9.17, 15) is 9.59 Å². The lowest BCUT2D eigenvalue weighted by atomic mass is 10.0. The number of carbonyl (C=O) groups excluding carboxylic acids is 2. The summed E-state index contributed by atoms with van der Waals surface area (Å²) in [6.07, 6.45) is 0. The van der Waals surface area contributed by atoms with Gasteiger partial charge >= 0.3 is 0 Å². The average Bonchev–Trinajstić information content (AvgIpc) is 2.38. The number of rotatable bonds is 2. The number of aliphatic hydroxyl groups excluding tert-OH is 1. The van der Waals surface area contributed by atoms with Gasteiger partial charge in [-0.15, -0.1) is 0 Å². The number of hydrogen-bond acceptors (Lipinski definition) is 3. The summed E-state index contributed by atoms with van der Waals surface area (Å²) < 4.78 is 0. The summed E-state index contributed by atoms with van der Waals surface area (Å²) in [6.45, 7) is 0.273. The number of amides is 2. The van der Waals surface area contributed by atoms with Crippen molar-refractivity contribution < 1.29 is 14.7 Å². The zero-order chi connectivity index (χ0) is 12.3. The van der Waals surface area contributed by atoms with Gasteiger partial charge in [0.05, 0.1) is 0 Å². The van der Waals surface area contributed by atoms with Crippen LogP contribution in [0.1, 0.15) is 11.6 Å². The number of nitrogens with one attached hydrogen (secondary N) is 1. The molecule has 1 aliphatic rings. The van der Waals surface area contributed by atoms with Gasteiger partial charge in [-0.3, -0.25) is 9.59 Å². The van der Waals surface area contributed by atoms with Gasteiger partial charge in [0.25, 0.3) is 0 Å². The quantitative estimate of drug-likeness (QED) is 0.736. The van der Waals surface area contributed by atoms with Crippen molar-refractivity contribution in [3.05, 3.63) is 35.9 Å². The summed E-state index contributed by atoms with van der Waals surface area (Å²) in [5.74, 6) is -0.627. The van der Waals surface area contributed by atoms with Gasteiger partial charge in [-0.1, -0.05) is 30.3 Å². The molecule has 2 rings (SSSR count). The first kappa shape index (κ1) is 11.6. The number of benzene rings is 1. The highest BCUT2D eigenvalue weighted by molar-refractivity contribution is 5.90. The van der Waals surface area contributed by atoms with Gasteiger partial charge in [0.2, 0.25) is 11.8 Å². The smallest absolute Gasteiger partial charge is 0.249 e. The van der Waals surface area contributed by atoms with E-state index in [1.165, 1.54) is 4.90 Å². The minimum atomic E-state index is -0.635. The van der Waals surface area contributed by atoms with E-state index in [0.717, 1.165) is 5.56 Å². The van der Waals surface area contributed by atoms with E-state index in [0.29, 0.717) is 13.1 Å². The monoisotopic (exact) mass is 234 g/mol. The molecule has 0 spiro atoms. The van der Waals surface area contributed by atoms with Crippen LogP contribution >= 0.6 is 0 Å². The lowest BCUT2D eigenvalue weighted by Gasteiger charge is -2.34. The van der Waals surface area contributed by atoms with Crippen LogP contribution in [-0.4, -0.2) is 41.5 Å². The predicted octanol–water partition coefficient (Wildman–Crippen LogP) is -0.322. The first-order chi connectivity index (χ1) is 8.24. The number of carbonyl (C=O) groups is 2. The highest BCUT2D eigenvalue weighted by Crippen LogP contribution is 2.22. The SMILES string of the molecule is O=C1NCCN(C(=O)CO)C1c1ccccc1. The van der Waals surface area contributed by atoms with Crippen LogP contribution in [0.4, 0.5) is 0 Å². The van der Waals surface area contributed by atoms with Gasteiger partial charge in [-0.05, 0) is 5.56 Å². The minimum absolute atomic E-state index is 0.204. The van der Waals surface area contributed by atoms with Crippen molar-refractivity contribution in [2.24, 2.45) is 0 Å². The molecule has 1 unspecified atom stereocenters. The molecule has 5 nitrogen and oxygen atoms in total. The first-order valence-corrected chi connectivity index (χ1v) is 5.47. The van der Waals surface area contributed by atoms with E-state index in [2.05, 4.69) is 5.32 Å². The van der Waals surface area contributed by atoms with E-state index in [-0.39, 0.29) is 5.91 Å². The van der Waals surface area contributed by atoms with Gasteiger partial charge in [0, 0.05) is 13.1 Å². The summed E-state index contributed by atoms with van der Waals surface area (Å²) in [4.78, 5) is 24.8. The third-order valence-corrected chi connectivity index (χ3v) is 2.78. The van der Waals surface area contributed by atoms with Crippen LogP contribution < -0.4 is 5.32 Å². The van der Waals surface area contributed by atoms with Crippen LogP contribution in [0.3, 0.4) is 0 Å². The molecule has 1 fully saturated rings. The molecule has 2 N–H and O–H groups in total. The van der Waals surface area contributed by atoms with E-state index in [4.69, 9.17) is 5.11 Å². The second-order valence-electron chi connectivity index (χ2n) is 3.85. The molecular weight excluding hydrogens is 220 g/mol. The normalized spacial score (nSPS) is 19.9. The molecular formula is C12H14N2O3. The molecule has 5 heteroatoms. The topological polar surface area (TPSA) is 69.6 Å². The number of nitrogens with zero attached hydrogens (tertiary/aromatic N) is 1. The summed E-state index contributed by atoms with van der Waals surface area (Å²) >= 11 is 0. The van der Waals surface area contributed by atoms with E-state index < -0.39 is 18.6 Å². The Hall–Kier alpha value is -1.88. The molecule has 0 saturated carbocycles. The van der Waals surface area contributed by atoms with Crippen LogP contribution in [0.2, 0.25) is 0 Å². The number of hydrogen-bond donors (Lipinski definition) is 2. The van der Waals surface area contributed by atoms with Gasteiger partial charge in [0.1, 0.15) is 12.6 Å². The zero-order valence-corrected chi connectivity index (χ0v) is 9.30. The molecule has 1 aliphatic heterocycles. The summed E-state index contributed by atoms with van der Waals surface area (Å²) in [6, 6.07) is 8.45.